The van der Waals surface area contributed by atoms with E-state index in [1.165, 1.54) is 0 Å². The van der Waals surface area contributed by atoms with E-state index in [-0.39, 0.29) is 11.9 Å². The molecule has 112 valence electrons. The number of hydrogen-bond acceptors (Lipinski definition) is 4. The van der Waals surface area contributed by atoms with Crippen molar-refractivity contribution in [2.75, 3.05) is 40.0 Å². The molecule has 0 unspecified atom stereocenters. The number of hydrogen-bond donors (Lipinski definition) is 1. The summed E-state index contributed by atoms with van der Waals surface area (Å²) in [4.78, 5) is 14.0. The predicted octanol–water partition coefficient (Wildman–Crippen LogP) is 1.03. The Bertz CT molecular complexity index is 253. The Hall–Kier alpha value is -0.650. The van der Waals surface area contributed by atoms with Crippen molar-refractivity contribution in [3.05, 3.63) is 0 Å². The molecule has 1 rings (SSSR count). The van der Waals surface area contributed by atoms with Gasteiger partial charge in [0.1, 0.15) is 0 Å². The van der Waals surface area contributed by atoms with Crippen LogP contribution in [0, 0.1) is 0 Å². The standard InChI is InChI=1S/C14H28N2O3/c1-12(2)16(9-11-18-3)14(17)6-10-19-13-4-7-15-8-5-13/h12-13,15H,4-11H2,1-3H3. The van der Waals surface area contributed by atoms with Gasteiger partial charge in [0.05, 0.1) is 25.7 Å². The fourth-order valence-electron chi connectivity index (χ4n) is 2.28. The Morgan fingerprint density at radius 3 is 2.58 bits per heavy atom. The van der Waals surface area contributed by atoms with E-state index in [4.69, 9.17) is 9.47 Å². The number of rotatable bonds is 8. The number of ether oxygens (including phenoxy) is 2. The number of carbonyl (C=O) groups is 1. The molecule has 1 aliphatic heterocycles. The van der Waals surface area contributed by atoms with Gasteiger partial charge in [0.25, 0.3) is 0 Å². The largest absolute Gasteiger partial charge is 0.383 e. The zero-order valence-corrected chi connectivity index (χ0v) is 12.5. The van der Waals surface area contributed by atoms with E-state index in [0.717, 1.165) is 25.9 Å². The third-order valence-electron chi connectivity index (χ3n) is 3.44. The molecule has 0 spiro atoms. The third-order valence-corrected chi connectivity index (χ3v) is 3.44. The van der Waals surface area contributed by atoms with Gasteiger partial charge in [-0.3, -0.25) is 4.79 Å². The molecule has 0 aromatic rings. The zero-order chi connectivity index (χ0) is 14.1. The lowest BCUT2D eigenvalue weighted by Crippen LogP contribution is -2.40. The molecule has 5 nitrogen and oxygen atoms in total. The average Bonchev–Trinajstić information content (AvgIpc) is 2.40. The summed E-state index contributed by atoms with van der Waals surface area (Å²) in [7, 11) is 1.66. The van der Waals surface area contributed by atoms with Crippen LogP contribution in [0.3, 0.4) is 0 Å². The van der Waals surface area contributed by atoms with Crippen LogP contribution < -0.4 is 5.32 Å². The van der Waals surface area contributed by atoms with Gasteiger partial charge in [-0.15, -0.1) is 0 Å². The summed E-state index contributed by atoms with van der Waals surface area (Å²) >= 11 is 0. The minimum atomic E-state index is 0.154. The van der Waals surface area contributed by atoms with Gasteiger partial charge in [-0.2, -0.15) is 0 Å². The molecule has 1 N–H and O–H groups in total. The van der Waals surface area contributed by atoms with E-state index in [1.54, 1.807) is 7.11 Å². The van der Waals surface area contributed by atoms with Crippen LogP contribution in [-0.4, -0.2) is 62.9 Å². The third kappa shape index (κ3) is 6.36. The quantitative estimate of drug-likeness (QED) is 0.717. The van der Waals surface area contributed by atoms with Crippen LogP contribution in [0.4, 0.5) is 0 Å². The van der Waals surface area contributed by atoms with E-state index < -0.39 is 0 Å². The first-order chi connectivity index (χ1) is 9.15. The van der Waals surface area contributed by atoms with Crippen LogP contribution in [0.1, 0.15) is 33.1 Å². The number of amides is 1. The smallest absolute Gasteiger partial charge is 0.225 e. The van der Waals surface area contributed by atoms with E-state index >= 15 is 0 Å². The van der Waals surface area contributed by atoms with Crippen molar-refractivity contribution in [1.29, 1.82) is 0 Å². The number of nitrogens with one attached hydrogen (secondary N) is 1. The highest BCUT2D eigenvalue weighted by atomic mass is 16.5. The minimum absolute atomic E-state index is 0.154. The minimum Gasteiger partial charge on any atom is -0.383 e. The summed E-state index contributed by atoms with van der Waals surface area (Å²) in [6.45, 7) is 7.86. The summed E-state index contributed by atoms with van der Waals surface area (Å²) in [6.07, 6.45) is 2.88. The molecule has 1 amide bonds. The highest BCUT2D eigenvalue weighted by molar-refractivity contribution is 5.76. The molecule has 0 saturated carbocycles. The first-order valence-electron chi connectivity index (χ1n) is 7.26. The molecular weight excluding hydrogens is 244 g/mol. The summed E-state index contributed by atoms with van der Waals surface area (Å²) in [5.74, 6) is 0.154. The average molecular weight is 272 g/mol. The molecule has 5 heteroatoms. The van der Waals surface area contributed by atoms with Gasteiger partial charge in [0.2, 0.25) is 5.91 Å². The maximum Gasteiger partial charge on any atom is 0.225 e. The van der Waals surface area contributed by atoms with Crippen molar-refractivity contribution in [2.45, 2.75) is 45.3 Å². The Morgan fingerprint density at radius 2 is 2.00 bits per heavy atom. The summed E-state index contributed by atoms with van der Waals surface area (Å²) in [5.41, 5.74) is 0. The van der Waals surface area contributed by atoms with Crippen molar-refractivity contribution in [2.24, 2.45) is 0 Å². The number of nitrogens with zero attached hydrogens (tertiary/aromatic N) is 1. The molecule has 0 atom stereocenters. The van der Waals surface area contributed by atoms with Gasteiger partial charge in [0.15, 0.2) is 0 Å². The van der Waals surface area contributed by atoms with Gasteiger partial charge in [-0.25, -0.2) is 0 Å². The first-order valence-corrected chi connectivity index (χ1v) is 7.26. The number of methoxy groups -OCH3 is 1. The fraction of sp³-hybridized carbons (Fsp3) is 0.929. The lowest BCUT2D eigenvalue weighted by atomic mass is 10.1. The summed E-state index contributed by atoms with van der Waals surface area (Å²) < 4.78 is 10.8. The van der Waals surface area contributed by atoms with Crippen LogP contribution >= 0.6 is 0 Å². The number of carbonyl (C=O) groups excluding carboxylic acids is 1. The maximum atomic E-state index is 12.1. The van der Waals surface area contributed by atoms with Crippen LogP contribution in [-0.2, 0) is 14.3 Å². The van der Waals surface area contributed by atoms with Gasteiger partial charge in [0, 0.05) is 19.7 Å². The van der Waals surface area contributed by atoms with Crippen LogP contribution in [0.15, 0.2) is 0 Å². The van der Waals surface area contributed by atoms with Crippen LogP contribution in [0.25, 0.3) is 0 Å². The SMILES string of the molecule is COCCN(C(=O)CCOC1CCNCC1)C(C)C. The van der Waals surface area contributed by atoms with Crippen molar-refractivity contribution in [1.82, 2.24) is 10.2 Å². The van der Waals surface area contributed by atoms with Gasteiger partial charge in [-0.1, -0.05) is 0 Å². The molecule has 0 aliphatic carbocycles. The van der Waals surface area contributed by atoms with Gasteiger partial charge < -0.3 is 19.7 Å². The van der Waals surface area contributed by atoms with E-state index in [9.17, 15) is 4.79 Å². The topological polar surface area (TPSA) is 50.8 Å². The lowest BCUT2D eigenvalue weighted by Gasteiger charge is -2.27. The normalized spacial score (nSPS) is 16.8. The van der Waals surface area contributed by atoms with Crippen molar-refractivity contribution < 1.29 is 14.3 Å². The Kier molecular flexibility index (Phi) is 8.02. The van der Waals surface area contributed by atoms with Crippen molar-refractivity contribution in [3.63, 3.8) is 0 Å². The van der Waals surface area contributed by atoms with Crippen LogP contribution in [0.2, 0.25) is 0 Å². The van der Waals surface area contributed by atoms with E-state index in [0.29, 0.717) is 32.3 Å². The second-order valence-electron chi connectivity index (χ2n) is 5.24. The highest BCUT2D eigenvalue weighted by Crippen LogP contribution is 2.08. The maximum absolute atomic E-state index is 12.1. The highest BCUT2D eigenvalue weighted by Gasteiger charge is 2.18. The summed E-state index contributed by atoms with van der Waals surface area (Å²) in [5, 5.41) is 3.30. The molecule has 0 bridgehead atoms. The zero-order valence-electron chi connectivity index (χ0n) is 12.5. The summed E-state index contributed by atoms with van der Waals surface area (Å²) in [6, 6.07) is 0.210. The number of piperidine rings is 1. The molecule has 0 aromatic heterocycles. The molecule has 0 aromatic carbocycles. The molecule has 1 saturated heterocycles. The second-order valence-corrected chi connectivity index (χ2v) is 5.24. The van der Waals surface area contributed by atoms with Gasteiger partial charge in [-0.05, 0) is 39.8 Å². The van der Waals surface area contributed by atoms with Gasteiger partial charge >= 0.3 is 0 Å². The van der Waals surface area contributed by atoms with Crippen molar-refractivity contribution >= 4 is 5.91 Å². The predicted molar refractivity (Wildman–Crippen MR) is 75.2 cm³/mol. The molecule has 0 radical (unpaired) electrons. The lowest BCUT2D eigenvalue weighted by molar-refractivity contribution is -0.135. The Labute approximate surface area is 116 Å². The Balaban J connectivity index is 2.23. The van der Waals surface area contributed by atoms with E-state index in [2.05, 4.69) is 5.32 Å². The monoisotopic (exact) mass is 272 g/mol. The Morgan fingerprint density at radius 1 is 1.32 bits per heavy atom. The van der Waals surface area contributed by atoms with Crippen LogP contribution in [0.5, 0.6) is 0 Å². The molecule has 1 aliphatic rings. The fourth-order valence-corrected chi connectivity index (χ4v) is 2.28. The molecule has 1 heterocycles. The molecule has 1 fully saturated rings. The van der Waals surface area contributed by atoms with E-state index in [1.807, 2.05) is 18.7 Å². The second kappa shape index (κ2) is 9.28. The van der Waals surface area contributed by atoms with Crippen molar-refractivity contribution in [3.8, 4) is 0 Å². The first kappa shape index (κ1) is 16.4. The molecular formula is C14H28N2O3. The molecule has 19 heavy (non-hydrogen) atoms.